The predicted octanol–water partition coefficient (Wildman–Crippen LogP) is 5.82. The standard InChI is InChI=1S/C33H42N2O8/c1-5-40-31(38)34-21-13-19-25(34)29(36)42-27(23-15-9-7-10-16-23)33(3,4)28(24-17-11-8-12-18-24)43-30(37)26-20-14-22-35(26)32(39)41-6-2/h7-12,15-18,25-28H,5-6,13-14,19-22H2,1-4H3/t25-,26-,27-,28-/m0/s1. The Morgan fingerprint density at radius 1 is 0.698 bits per heavy atom. The van der Waals surface area contributed by atoms with Gasteiger partial charge in [-0.3, -0.25) is 9.80 Å². The summed E-state index contributed by atoms with van der Waals surface area (Å²) in [5, 5.41) is 0. The minimum absolute atomic E-state index is 0.204. The van der Waals surface area contributed by atoms with E-state index in [1.165, 1.54) is 9.80 Å². The zero-order chi connectivity index (χ0) is 31.0. The molecule has 0 aromatic heterocycles. The van der Waals surface area contributed by atoms with Crippen molar-refractivity contribution in [3.8, 4) is 0 Å². The highest BCUT2D eigenvalue weighted by Gasteiger charge is 2.47. The van der Waals surface area contributed by atoms with Crippen molar-refractivity contribution in [3.05, 3.63) is 71.8 Å². The van der Waals surface area contributed by atoms with Gasteiger partial charge in [0.15, 0.2) is 0 Å². The van der Waals surface area contributed by atoms with Gasteiger partial charge in [0.1, 0.15) is 24.3 Å². The molecule has 0 unspecified atom stereocenters. The molecule has 2 fully saturated rings. The summed E-state index contributed by atoms with van der Waals surface area (Å²) in [4.78, 5) is 55.4. The lowest BCUT2D eigenvalue weighted by atomic mass is 9.75. The molecule has 2 amide bonds. The topological polar surface area (TPSA) is 112 Å². The molecule has 0 spiro atoms. The van der Waals surface area contributed by atoms with E-state index in [-0.39, 0.29) is 13.2 Å². The Bertz CT molecular complexity index is 1160. The fourth-order valence-electron chi connectivity index (χ4n) is 5.95. The van der Waals surface area contributed by atoms with Crippen LogP contribution in [0.5, 0.6) is 0 Å². The first-order valence-electron chi connectivity index (χ1n) is 15.1. The first kappa shape index (κ1) is 31.8. The smallest absolute Gasteiger partial charge is 0.410 e. The van der Waals surface area contributed by atoms with E-state index < -0.39 is 53.8 Å². The summed E-state index contributed by atoms with van der Waals surface area (Å²) in [7, 11) is 0. The summed E-state index contributed by atoms with van der Waals surface area (Å²) in [5.41, 5.74) is 0.439. The van der Waals surface area contributed by atoms with Crippen LogP contribution in [-0.4, -0.2) is 72.3 Å². The van der Waals surface area contributed by atoms with E-state index in [2.05, 4.69) is 0 Å². The van der Waals surface area contributed by atoms with Gasteiger partial charge in [-0.2, -0.15) is 0 Å². The molecule has 0 bridgehead atoms. The number of benzene rings is 2. The number of carbonyl (C=O) groups is 4. The van der Waals surface area contributed by atoms with E-state index in [4.69, 9.17) is 18.9 Å². The number of hydrogen-bond donors (Lipinski definition) is 0. The molecule has 2 aromatic rings. The molecule has 2 saturated heterocycles. The highest BCUT2D eigenvalue weighted by molar-refractivity contribution is 5.83. The average molecular weight is 595 g/mol. The van der Waals surface area contributed by atoms with Crippen molar-refractivity contribution >= 4 is 24.1 Å². The van der Waals surface area contributed by atoms with Gasteiger partial charge in [0.2, 0.25) is 0 Å². The van der Waals surface area contributed by atoms with Crippen molar-refractivity contribution in [3.63, 3.8) is 0 Å². The van der Waals surface area contributed by atoms with Crippen LogP contribution in [0, 0.1) is 5.41 Å². The normalized spacial score (nSPS) is 19.8. The summed E-state index contributed by atoms with van der Waals surface area (Å²) in [5.74, 6) is -1.09. The maximum atomic E-state index is 13.7. The summed E-state index contributed by atoms with van der Waals surface area (Å²) in [6, 6.07) is 17.0. The van der Waals surface area contributed by atoms with Crippen LogP contribution in [0.4, 0.5) is 9.59 Å². The molecule has 0 N–H and O–H groups in total. The van der Waals surface area contributed by atoms with Gasteiger partial charge >= 0.3 is 24.1 Å². The summed E-state index contributed by atoms with van der Waals surface area (Å²) >= 11 is 0. The lowest BCUT2D eigenvalue weighted by molar-refractivity contribution is -0.178. The van der Waals surface area contributed by atoms with Crippen molar-refractivity contribution in [1.82, 2.24) is 9.80 Å². The van der Waals surface area contributed by atoms with Crippen molar-refractivity contribution in [2.24, 2.45) is 5.41 Å². The molecule has 4 rings (SSSR count). The molecule has 10 nitrogen and oxygen atoms in total. The molecule has 2 aliphatic heterocycles. The van der Waals surface area contributed by atoms with Gasteiger partial charge in [0.25, 0.3) is 0 Å². The summed E-state index contributed by atoms with van der Waals surface area (Å²) in [6.45, 7) is 8.43. The van der Waals surface area contributed by atoms with Crippen LogP contribution < -0.4 is 0 Å². The van der Waals surface area contributed by atoms with E-state index in [0.717, 1.165) is 0 Å². The third-order valence-corrected chi connectivity index (χ3v) is 8.08. The van der Waals surface area contributed by atoms with Crippen molar-refractivity contribution in [2.45, 2.75) is 77.7 Å². The van der Waals surface area contributed by atoms with Crippen LogP contribution in [-0.2, 0) is 28.5 Å². The van der Waals surface area contributed by atoms with Crippen LogP contribution in [0.15, 0.2) is 60.7 Å². The molecular formula is C33H42N2O8. The van der Waals surface area contributed by atoms with Gasteiger partial charge in [-0.05, 0) is 50.7 Å². The zero-order valence-electron chi connectivity index (χ0n) is 25.4. The Labute approximate surface area is 253 Å². The number of carbonyl (C=O) groups excluding carboxylic acids is 4. The maximum Gasteiger partial charge on any atom is 0.410 e. The molecule has 232 valence electrons. The van der Waals surface area contributed by atoms with Gasteiger partial charge < -0.3 is 18.9 Å². The Morgan fingerprint density at radius 2 is 1.07 bits per heavy atom. The predicted molar refractivity (Wildman–Crippen MR) is 158 cm³/mol. The Hall–Kier alpha value is -4.08. The maximum absolute atomic E-state index is 13.7. The summed E-state index contributed by atoms with van der Waals surface area (Å²) in [6.07, 6.45) is -0.569. The number of rotatable bonds is 10. The van der Waals surface area contributed by atoms with Crippen LogP contribution in [0.25, 0.3) is 0 Å². The van der Waals surface area contributed by atoms with Gasteiger partial charge in [0, 0.05) is 18.5 Å². The van der Waals surface area contributed by atoms with E-state index in [1.807, 2.05) is 74.5 Å². The molecule has 0 aliphatic carbocycles. The number of amides is 2. The average Bonchev–Trinajstić information content (AvgIpc) is 3.70. The number of esters is 2. The van der Waals surface area contributed by atoms with Gasteiger partial charge in [-0.1, -0.05) is 74.5 Å². The van der Waals surface area contributed by atoms with Gasteiger partial charge in [-0.15, -0.1) is 0 Å². The molecule has 2 aliphatic rings. The molecule has 2 aromatic carbocycles. The quantitative estimate of drug-likeness (QED) is 0.250. The minimum atomic E-state index is -0.991. The first-order valence-corrected chi connectivity index (χ1v) is 15.1. The Morgan fingerprint density at radius 3 is 1.42 bits per heavy atom. The second kappa shape index (κ2) is 14.4. The van der Waals surface area contributed by atoms with Crippen LogP contribution in [0.2, 0.25) is 0 Å². The van der Waals surface area contributed by atoms with Crippen LogP contribution >= 0.6 is 0 Å². The van der Waals surface area contributed by atoms with E-state index in [9.17, 15) is 19.2 Å². The zero-order valence-corrected chi connectivity index (χ0v) is 25.4. The molecule has 4 atom stereocenters. The number of ether oxygens (including phenoxy) is 4. The van der Waals surface area contributed by atoms with E-state index in [1.54, 1.807) is 13.8 Å². The molecule has 0 radical (unpaired) electrons. The summed E-state index contributed by atoms with van der Waals surface area (Å²) < 4.78 is 22.9. The van der Waals surface area contributed by atoms with Gasteiger partial charge in [0.05, 0.1) is 13.2 Å². The minimum Gasteiger partial charge on any atom is -0.455 e. The number of nitrogens with zero attached hydrogens (tertiary/aromatic N) is 2. The van der Waals surface area contributed by atoms with Crippen molar-refractivity contribution in [2.75, 3.05) is 26.3 Å². The molecule has 43 heavy (non-hydrogen) atoms. The SMILES string of the molecule is CCOC(=O)N1CCC[C@H]1C(=O)O[C@@H](c1ccccc1)C(C)(C)[C@@H](OC(=O)[C@@H]1CCCN1C(=O)OCC)c1ccccc1. The van der Waals surface area contributed by atoms with E-state index >= 15 is 0 Å². The first-order chi connectivity index (χ1) is 20.7. The largest absolute Gasteiger partial charge is 0.455 e. The monoisotopic (exact) mass is 594 g/mol. The number of likely N-dealkylation sites (tertiary alicyclic amines) is 2. The fraction of sp³-hybridized carbons (Fsp3) is 0.515. The molecular weight excluding hydrogens is 552 g/mol. The van der Waals surface area contributed by atoms with Crippen molar-refractivity contribution < 1.29 is 38.1 Å². The van der Waals surface area contributed by atoms with Gasteiger partial charge in [-0.25, -0.2) is 19.2 Å². The fourth-order valence-corrected chi connectivity index (χ4v) is 5.95. The lowest BCUT2D eigenvalue weighted by Crippen LogP contribution is -2.45. The third-order valence-electron chi connectivity index (χ3n) is 8.08. The Kier molecular flexibility index (Phi) is 10.7. The second-order valence-electron chi connectivity index (χ2n) is 11.4. The van der Waals surface area contributed by atoms with Crippen LogP contribution in [0.3, 0.4) is 0 Å². The molecule has 0 saturated carbocycles. The molecule has 10 heteroatoms. The third kappa shape index (κ3) is 7.29. The molecule has 2 heterocycles. The van der Waals surface area contributed by atoms with Crippen molar-refractivity contribution in [1.29, 1.82) is 0 Å². The lowest BCUT2D eigenvalue weighted by Gasteiger charge is -2.41. The number of hydrogen-bond acceptors (Lipinski definition) is 8. The van der Waals surface area contributed by atoms with Crippen LogP contribution in [0.1, 0.15) is 76.7 Å². The van der Waals surface area contributed by atoms with E-state index in [0.29, 0.717) is 49.9 Å². The highest BCUT2D eigenvalue weighted by Crippen LogP contribution is 2.48. The highest BCUT2D eigenvalue weighted by atomic mass is 16.6. The Balaban J connectivity index is 1.67. The second-order valence-corrected chi connectivity index (χ2v) is 11.4.